The van der Waals surface area contributed by atoms with E-state index in [9.17, 15) is 9.18 Å². The van der Waals surface area contributed by atoms with Crippen LogP contribution in [0, 0.1) is 0 Å². The highest BCUT2D eigenvalue weighted by atomic mass is 19.1. The number of likely N-dealkylation sites (tertiary alicyclic amines) is 1. The molecular formula is C6H11FN2O. The highest BCUT2D eigenvalue weighted by Crippen LogP contribution is 2.09. The van der Waals surface area contributed by atoms with Gasteiger partial charge in [0.15, 0.2) is 0 Å². The Balaban J connectivity index is 2.40. The van der Waals surface area contributed by atoms with Crippen LogP contribution in [0.1, 0.15) is 6.42 Å². The summed E-state index contributed by atoms with van der Waals surface area (Å²) in [5.74, 6) is 0. The fraction of sp³-hybridized carbons (Fsp3) is 0.833. The second-order valence-corrected chi connectivity index (χ2v) is 2.57. The second kappa shape index (κ2) is 2.96. The lowest BCUT2D eigenvalue weighted by Crippen LogP contribution is -2.47. The second-order valence-electron chi connectivity index (χ2n) is 2.57. The van der Waals surface area contributed by atoms with E-state index >= 15 is 0 Å². The summed E-state index contributed by atoms with van der Waals surface area (Å²) in [5.41, 5.74) is 5.38. The summed E-state index contributed by atoms with van der Waals surface area (Å²) in [7, 11) is 0. The van der Waals surface area contributed by atoms with Gasteiger partial charge in [0.25, 0.3) is 0 Å². The minimum atomic E-state index is -1.04. The van der Waals surface area contributed by atoms with Gasteiger partial charge in [0, 0.05) is 12.6 Å². The van der Waals surface area contributed by atoms with Crippen LogP contribution in [0.4, 0.5) is 4.39 Å². The molecule has 1 amide bonds. The average molecular weight is 146 g/mol. The quantitative estimate of drug-likeness (QED) is 0.507. The van der Waals surface area contributed by atoms with Crippen LogP contribution >= 0.6 is 0 Å². The minimum Gasteiger partial charge on any atom is -0.342 e. The van der Waals surface area contributed by atoms with Crippen LogP contribution in [-0.2, 0) is 4.79 Å². The van der Waals surface area contributed by atoms with Gasteiger partial charge in [0.1, 0.15) is 6.17 Å². The van der Waals surface area contributed by atoms with E-state index in [1.54, 1.807) is 0 Å². The maximum atomic E-state index is 12.7. The van der Waals surface area contributed by atoms with Gasteiger partial charge < -0.3 is 10.6 Å². The van der Waals surface area contributed by atoms with Crippen molar-refractivity contribution >= 4 is 6.41 Å². The highest BCUT2D eigenvalue weighted by Gasteiger charge is 2.24. The first-order valence-corrected chi connectivity index (χ1v) is 3.33. The van der Waals surface area contributed by atoms with E-state index in [-0.39, 0.29) is 12.6 Å². The predicted octanol–water partition coefficient (Wildman–Crippen LogP) is -0.486. The third kappa shape index (κ3) is 1.44. The lowest BCUT2D eigenvalue weighted by molar-refractivity contribution is -0.120. The van der Waals surface area contributed by atoms with Crippen molar-refractivity contribution in [3.05, 3.63) is 0 Å². The monoisotopic (exact) mass is 146 g/mol. The Morgan fingerprint density at radius 3 is 2.90 bits per heavy atom. The Kier molecular flexibility index (Phi) is 2.21. The molecule has 3 nitrogen and oxygen atoms in total. The lowest BCUT2D eigenvalue weighted by atomic mass is 10.1. The summed E-state index contributed by atoms with van der Waals surface area (Å²) in [6.07, 6.45) is 0.192. The van der Waals surface area contributed by atoms with Crippen LogP contribution in [0.3, 0.4) is 0 Å². The molecule has 10 heavy (non-hydrogen) atoms. The summed E-state index contributed by atoms with van der Waals surface area (Å²) in [4.78, 5) is 11.5. The van der Waals surface area contributed by atoms with E-state index in [4.69, 9.17) is 5.73 Å². The molecule has 4 heteroatoms. The van der Waals surface area contributed by atoms with Crippen LogP contribution in [0.25, 0.3) is 0 Å². The maximum Gasteiger partial charge on any atom is 0.209 e. The normalized spacial score (nSPS) is 34.0. The third-order valence-electron chi connectivity index (χ3n) is 1.77. The van der Waals surface area contributed by atoms with Gasteiger partial charge in [-0.3, -0.25) is 4.79 Å². The van der Waals surface area contributed by atoms with Crippen molar-refractivity contribution in [2.75, 3.05) is 13.1 Å². The number of hydrogen-bond donors (Lipinski definition) is 1. The SMILES string of the molecule is NC1CCN(C=O)CC1F. The summed E-state index contributed by atoms with van der Waals surface area (Å²) < 4.78 is 12.7. The van der Waals surface area contributed by atoms with Gasteiger partial charge in [-0.15, -0.1) is 0 Å². The molecule has 0 aromatic carbocycles. The number of hydrogen-bond acceptors (Lipinski definition) is 2. The smallest absolute Gasteiger partial charge is 0.209 e. The number of alkyl halides is 1. The van der Waals surface area contributed by atoms with E-state index < -0.39 is 6.17 Å². The number of nitrogens with two attached hydrogens (primary N) is 1. The zero-order valence-corrected chi connectivity index (χ0v) is 5.66. The Morgan fingerprint density at radius 2 is 2.40 bits per heavy atom. The summed E-state index contributed by atoms with van der Waals surface area (Å²) >= 11 is 0. The first kappa shape index (κ1) is 7.47. The van der Waals surface area contributed by atoms with Crippen molar-refractivity contribution in [3.8, 4) is 0 Å². The number of halogens is 1. The molecule has 0 radical (unpaired) electrons. The first-order valence-electron chi connectivity index (χ1n) is 3.33. The number of nitrogens with zero attached hydrogens (tertiary/aromatic N) is 1. The topological polar surface area (TPSA) is 46.3 Å². The summed E-state index contributed by atoms with van der Waals surface area (Å²) in [6.45, 7) is 0.746. The van der Waals surface area contributed by atoms with Gasteiger partial charge in [0.05, 0.1) is 6.54 Å². The van der Waals surface area contributed by atoms with Gasteiger partial charge in [-0.1, -0.05) is 0 Å². The lowest BCUT2D eigenvalue weighted by Gasteiger charge is -2.29. The first-order chi connectivity index (χ1) is 4.74. The molecule has 1 heterocycles. The molecule has 1 saturated heterocycles. The number of amides is 1. The van der Waals surface area contributed by atoms with Crippen molar-refractivity contribution < 1.29 is 9.18 Å². The molecule has 0 bridgehead atoms. The molecule has 0 aromatic heterocycles. The molecule has 0 aliphatic carbocycles. The van der Waals surface area contributed by atoms with E-state index in [0.717, 1.165) is 0 Å². The zero-order valence-electron chi connectivity index (χ0n) is 5.66. The van der Waals surface area contributed by atoms with Crippen molar-refractivity contribution in [2.24, 2.45) is 5.73 Å². The molecule has 1 rings (SSSR count). The molecule has 0 aromatic rings. The summed E-state index contributed by atoms with van der Waals surface area (Å²) in [5, 5.41) is 0. The Bertz CT molecular complexity index is 131. The molecule has 2 N–H and O–H groups in total. The Morgan fingerprint density at radius 1 is 1.70 bits per heavy atom. The molecule has 0 saturated carbocycles. The standard InChI is InChI=1S/C6H11FN2O/c7-5-3-9(4-10)2-1-6(5)8/h4-6H,1-3,8H2. The number of piperidine rings is 1. The average Bonchev–Trinajstić information content (AvgIpc) is 1.95. The number of carbonyl (C=O) groups excluding carboxylic acids is 1. The molecule has 1 fully saturated rings. The molecule has 2 unspecified atom stereocenters. The van der Waals surface area contributed by atoms with Crippen LogP contribution in [0.2, 0.25) is 0 Å². The van der Waals surface area contributed by atoms with E-state index in [1.807, 2.05) is 0 Å². The van der Waals surface area contributed by atoms with Crippen LogP contribution in [-0.4, -0.2) is 36.6 Å². The van der Waals surface area contributed by atoms with Crippen molar-refractivity contribution in [1.29, 1.82) is 0 Å². The number of rotatable bonds is 1. The van der Waals surface area contributed by atoms with E-state index in [0.29, 0.717) is 19.4 Å². The minimum absolute atomic E-state index is 0.157. The van der Waals surface area contributed by atoms with Crippen molar-refractivity contribution in [3.63, 3.8) is 0 Å². The van der Waals surface area contributed by atoms with Gasteiger partial charge in [-0.25, -0.2) is 4.39 Å². The Labute approximate surface area is 59.0 Å². The third-order valence-corrected chi connectivity index (χ3v) is 1.77. The molecule has 58 valence electrons. The maximum absolute atomic E-state index is 12.7. The Hall–Kier alpha value is -0.640. The van der Waals surface area contributed by atoms with Gasteiger partial charge in [-0.05, 0) is 6.42 Å². The van der Waals surface area contributed by atoms with Crippen LogP contribution in [0.15, 0.2) is 0 Å². The molecule has 0 spiro atoms. The molecular weight excluding hydrogens is 135 g/mol. The number of carbonyl (C=O) groups is 1. The van der Waals surface area contributed by atoms with E-state index in [1.165, 1.54) is 4.90 Å². The predicted molar refractivity (Wildman–Crippen MR) is 35.1 cm³/mol. The fourth-order valence-electron chi connectivity index (χ4n) is 1.04. The largest absolute Gasteiger partial charge is 0.342 e. The fourth-order valence-corrected chi connectivity index (χ4v) is 1.04. The van der Waals surface area contributed by atoms with Crippen LogP contribution in [0.5, 0.6) is 0 Å². The van der Waals surface area contributed by atoms with Crippen molar-refractivity contribution in [1.82, 2.24) is 4.90 Å². The van der Waals surface area contributed by atoms with E-state index in [2.05, 4.69) is 0 Å². The van der Waals surface area contributed by atoms with Gasteiger partial charge in [-0.2, -0.15) is 0 Å². The molecule has 2 atom stereocenters. The van der Waals surface area contributed by atoms with Crippen molar-refractivity contribution in [2.45, 2.75) is 18.6 Å². The molecule has 1 aliphatic heterocycles. The van der Waals surface area contributed by atoms with Gasteiger partial charge in [0.2, 0.25) is 6.41 Å². The molecule has 1 aliphatic rings. The summed E-state index contributed by atoms with van der Waals surface area (Å²) in [6, 6.07) is -0.379. The van der Waals surface area contributed by atoms with Gasteiger partial charge >= 0.3 is 0 Å². The zero-order chi connectivity index (χ0) is 7.56. The van der Waals surface area contributed by atoms with Crippen LogP contribution < -0.4 is 5.73 Å². The highest BCUT2D eigenvalue weighted by molar-refractivity contribution is 5.47.